The van der Waals surface area contributed by atoms with E-state index in [0.29, 0.717) is 18.8 Å². The fraction of sp³-hybridized carbons (Fsp3) is 0.444. The lowest BCUT2D eigenvalue weighted by atomic mass is 10.1. The molecule has 0 saturated carbocycles. The van der Waals surface area contributed by atoms with Crippen LogP contribution in [0, 0.1) is 5.92 Å². The Balaban J connectivity index is 1.80. The number of aromatic nitrogens is 1. The Morgan fingerprint density at radius 3 is 3.20 bits per heavy atom. The number of nitrogens with one attached hydrogen (secondary N) is 2. The molecule has 0 radical (unpaired) electrons. The van der Waals surface area contributed by atoms with E-state index in [1.807, 2.05) is 0 Å². The standard InChI is InChI=1S/C9H11N3O3/c13-8-3-6(4-10-8)9(14)11-5-7-1-2-15-12-7/h1-2,6H,3-5H2,(H,10,13)(H,11,14). The second-order valence-corrected chi connectivity index (χ2v) is 3.41. The summed E-state index contributed by atoms with van der Waals surface area (Å²) in [5, 5.41) is 8.96. The van der Waals surface area contributed by atoms with Crippen LogP contribution in [0.3, 0.4) is 0 Å². The molecule has 1 aliphatic rings. The Morgan fingerprint density at radius 2 is 2.60 bits per heavy atom. The van der Waals surface area contributed by atoms with Gasteiger partial charge in [0.05, 0.1) is 12.5 Å². The van der Waals surface area contributed by atoms with Crippen LogP contribution in [-0.4, -0.2) is 23.5 Å². The number of hydrogen-bond donors (Lipinski definition) is 2. The summed E-state index contributed by atoms with van der Waals surface area (Å²) >= 11 is 0. The van der Waals surface area contributed by atoms with Crippen LogP contribution in [0.15, 0.2) is 16.9 Å². The summed E-state index contributed by atoms with van der Waals surface area (Å²) < 4.78 is 4.62. The van der Waals surface area contributed by atoms with Gasteiger partial charge in [-0.15, -0.1) is 0 Å². The Kier molecular flexibility index (Phi) is 2.66. The maximum Gasteiger partial charge on any atom is 0.225 e. The molecule has 15 heavy (non-hydrogen) atoms. The zero-order valence-electron chi connectivity index (χ0n) is 8.03. The fourth-order valence-electron chi connectivity index (χ4n) is 1.44. The van der Waals surface area contributed by atoms with Crippen LogP contribution in [0.4, 0.5) is 0 Å². The molecule has 0 aliphatic carbocycles. The van der Waals surface area contributed by atoms with E-state index in [2.05, 4.69) is 20.3 Å². The normalized spacial score (nSPS) is 20.0. The number of nitrogens with zero attached hydrogens (tertiary/aromatic N) is 1. The van der Waals surface area contributed by atoms with Crippen molar-refractivity contribution >= 4 is 11.8 Å². The van der Waals surface area contributed by atoms with Crippen LogP contribution in [0.1, 0.15) is 12.1 Å². The van der Waals surface area contributed by atoms with Crippen LogP contribution < -0.4 is 10.6 Å². The van der Waals surface area contributed by atoms with Gasteiger partial charge in [-0.1, -0.05) is 5.16 Å². The van der Waals surface area contributed by atoms with Gasteiger partial charge in [0.2, 0.25) is 11.8 Å². The molecule has 2 rings (SSSR count). The largest absolute Gasteiger partial charge is 0.364 e. The van der Waals surface area contributed by atoms with Crippen molar-refractivity contribution in [1.82, 2.24) is 15.8 Å². The highest BCUT2D eigenvalue weighted by atomic mass is 16.5. The molecular weight excluding hydrogens is 198 g/mol. The minimum Gasteiger partial charge on any atom is -0.364 e. The van der Waals surface area contributed by atoms with Gasteiger partial charge in [0.25, 0.3) is 0 Å². The molecule has 1 unspecified atom stereocenters. The van der Waals surface area contributed by atoms with Crippen molar-refractivity contribution in [3.8, 4) is 0 Å². The molecule has 6 nitrogen and oxygen atoms in total. The van der Waals surface area contributed by atoms with Gasteiger partial charge >= 0.3 is 0 Å². The summed E-state index contributed by atoms with van der Waals surface area (Å²) in [5.41, 5.74) is 0.667. The molecule has 0 aromatic carbocycles. The van der Waals surface area contributed by atoms with Gasteiger partial charge in [0.15, 0.2) is 0 Å². The molecular formula is C9H11N3O3. The minimum absolute atomic E-state index is 0.0726. The average Bonchev–Trinajstić information content (AvgIpc) is 2.84. The monoisotopic (exact) mass is 209 g/mol. The minimum atomic E-state index is -0.260. The topological polar surface area (TPSA) is 84.2 Å². The summed E-state index contributed by atoms with van der Waals surface area (Å²) in [4.78, 5) is 22.4. The molecule has 1 aromatic heterocycles. The van der Waals surface area contributed by atoms with Crippen molar-refractivity contribution in [1.29, 1.82) is 0 Å². The van der Waals surface area contributed by atoms with Crippen LogP contribution in [-0.2, 0) is 16.1 Å². The zero-order valence-corrected chi connectivity index (χ0v) is 8.03. The van der Waals surface area contributed by atoms with Gasteiger partial charge in [0.1, 0.15) is 12.0 Å². The van der Waals surface area contributed by atoms with E-state index >= 15 is 0 Å². The lowest BCUT2D eigenvalue weighted by Crippen LogP contribution is -2.31. The number of carbonyl (C=O) groups is 2. The molecule has 6 heteroatoms. The highest BCUT2D eigenvalue weighted by molar-refractivity contribution is 5.89. The van der Waals surface area contributed by atoms with E-state index in [0.717, 1.165) is 0 Å². The van der Waals surface area contributed by atoms with Gasteiger partial charge in [-0.05, 0) is 0 Å². The lowest BCUT2D eigenvalue weighted by molar-refractivity contribution is -0.126. The second kappa shape index (κ2) is 4.12. The third-order valence-corrected chi connectivity index (χ3v) is 2.28. The first-order valence-electron chi connectivity index (χ1n) is 4.69. The molecule has 80 valence electrons. The number of amides is 2. The first kappa shape index (κ1) is 9.70. The maximum absolute atomic E-state index is 11.5. The molecule has 1 atom stereocenters. The molecule has 0 spiro atoms. The third-order valence-electron chi connectivity index (χ3n) is 2.28. The smallest absolute Gasteiger partial charge is 0.225 e. The predicted molar refractivity (Wildman–Crippen MR) is 49.5 cm³/mol. The molecule has 1 fully saturated rings. The quantitative estimate of drug-likeness (QED) is 0.698. The maximum atomic E-state index is 11.5. The fourth-order valence-corrected chi connectivity index (χ4v) is 1.44. The Morgan fingerprint density at radius 1 is 1.73 bits per heavy atom. The first-order chi connectivity index (χ1) is 7.25. The molecule has 1 aliphatic heterocycles. The molecule has 2 amide bonds. The van der Waals surface area contributed by atoms with Gasteiger partial charge < -0.3 is 15.2 Å². The molecule has 0 bridgehead atoms. The summed E-state index contributed by atoms with van der Waals surface area (Å²) in [5.74, 6) is -0.461. The molecule has 2 heterocycles. The first-order valence-corrected chi connectivity index (χ1v) is 4.69. The van der Waals surface area contributed by atoms with Gasteiger partial charge in [0, 0.05) is 19.0 Å². The van der Waals surface area contributed by atoms with Gasteiger partial charge in [-0.3, -0.25) is 9.59 Å². The van der Waals surface area contributed by atoms with Crippen molar-refractivity contribution in [2.75, 3.05) is 6.54 Å². The summed E-state index contributed by atoms with van der Waals surface area (Å²) in [7, 11) is 0. The van der Waals surface area contributed by atoms with Crippen molar-refractivity contribution in [2.45, 2.75) is 13.0 Å². The lowest BCUT2D eigenvalue weighted by Gasteiger charge is -2.06. The van der Waals surface area contributed by atoms with Gasteiger partial charge in [-0.25, -0.2) is 0 Å². The average molecular weight is 209 g/mol. The summed E-state index contributed by atoms with van der Waals surface area (Å²) in [6.45, 7) is 0.753. The Bertz CT molecular complexity index is 361. The van der Waals surface area contributed by atoms with Crippen LogP contribution >= 0.6 is 0 Å². The second-order valence-electron chi connectivity index (χ2n) is 3.41. The van der Waals surface area contributed by atoms with Crippen molar-refractivity contribution in [3.05, 3.63) is 18.0 Å². The van der Waals surface area contributed by atoms with Gasteiger partial charge in [-0.2, -0.15) is 0 Å². The van der Waals surface area contributed by atoms with Crippen molar-refractivity contribution in [3.63, 3.8) is 0 Å². The Hall–Kier alpha value is -1.85. The van der Waals surface area contributed by atoms with Crippen LogP contribution in [0.5, 0.6) is 0 Å². The SMILES string of the molecule is O=C1CC(C(=O)NCc2ccon2)CN1. The number of rotatable bonds is 3. The van der Waals surface area contributed by atoms with E-state index in [9.17, 15) is 9.59 Å². The summed E-state index contributed by atoms with van der Waals surface area (Å²) in [6, 6.07) is 1.68. The predicted octanol–water partition coefficient (Wildman–Crippen LogP) is -0.573. The number of carbonyl (C=O) groups excluding carboxylic acids is 2. The number of hydrogen-bond acceptors (Lipinski definition) is 4. The molecule has 1 saturated heterocycles. The Labute approximate surface area is 86.0 Å². The third kappa shape index (κ3) is 2.34. The van der Waals surface area contributed by atoms with E-state index in [-0.39, 0.29) is 24.2 Å². The molecule has 1 aromatic rings. The van der Waals surface area contributed by atoms with E-state index < -0.39 is 0 Å². The van der Waals surface area contributed by atoms with E-state index in [1.165, 1.54) is 6.26 Å². The van der Waals surface area contributed by atoms with Crippen LogP contribution in [0.2, 0.25) is 0 Å². The highest BCUT2D eigenvalue weighted by Crippen LogP contribution is 2.08. The summed E-state index contributed by atoms with van der Waals surface area (Å²) in [6.07, 6.45) is 1.72. The van der Waals surface area contributed by atoms with Crippen LogP contribution in [0.25, 0.3) is 0 Å². The van der Waals surface area contributed by atoms with E-state index in [1.54, 1.807) is 6.07 Å². The van der Waals surface area contributed by atoms with Crippen molar-refractivity contribution < 1.29 is 14.1 Å². The van der Waals surface area contributed by atoms with Crippen molar-refractivity contribution in [2.24, 2.45) is 5.92 Å². The zero-order chi connectivity index (χ0) is 10.7. The molecule has 2 N–H and O–H groups in total. The van der Waals surface area contributed by atoms with E-state index in [4.69, 9.17) is 0 Å². The highest BCUT2D eigenvalue weighted by Gasteiger charge is 2.27.